The van der Waals surface area contributed by atoms with Crippen molar-refractivity contribution < 1.29 is 0 Å². The molecule has 2 aromatic rings. The van der Waals surface area contributed by atoms with E-state index < -0.39 is 0 Å². The molecule has 2 aromatic carbocycles. The molecule has 0 aromatic heterocycles. The third kappa shape index (κ3) is 5.29. The maximum absolute atomic E-state index is 2.59. The highest BCUT2D eigenvalue weighted by molar-refractivity contribution is 5.72. The standard InChI is InChI=1S/C30H44N2/c1-22-19-28(20-22)32(5)21-26-13-9-17-30(24(26)3)29-16-8-12-25(23(29)2)11-6-7-18-31(4)27-14-10-15-27/h8-9,12-13,16-17,22,27-28H,6-7,10-11,14-15,18-21H2,1-5H3. The molecule has 2 nitrogen and oxygen atoms in total. The van der Waals surface area contributed by atoms with E-state index in [1.807, 2.05) is 0 Å². The van der Waals surface area contributed by atoms with Crippen molar-refractivity contribution in [2.24, 2.45) is 5.92 Å². The third-order valence-corrected chi connectivity index (χ3v) is 8.48. The lowest BCUT2D eigenvalue weighted by Crippen LogP contribution is -2.41. The number of benzene rings is 2. The first-order chi connectivity index (χ1) is 15.4. The van der Waals surface area contributed by atoms with Gasteiger partial charge in [-0.25, -0.2) is 0 Å². The van der Waals surface area contributed by atoms with Gasteiger partial charge in [-0.1, -0.05) is 49.7 Å². The summed E-state index contributed by atoms with van der Waals surface area (Å²) in [7, 11) is 4.62. The highest BCUT2D eigenvalue weighted by Crippen LogP contribution is 2.34. The maximum Gasteiger partial charge on any atom is 0.0236 e. The Morgan fingerprint density at radius 1 is 0.781 bits per heavy atom. The molecule has 2 heteroatoms. The molecule has 2 saturated carbocycles. The lowest BCUT2D eigenvalue weighted by atomic mass is 9.81. The predicted molar refractivity (Wildman–Crippen MR) is 138 cm³/mol. The monoisotopic (exact) mass is 432 g/mol. The fourth-order valence-electron chi connectivity index (χ4n) is 5.70. The van der Waals surface area contributed by atoms with Gasteiger partial charge in [-0.3, -0.25) is 4.90 Å². The first-order valence-electron chi connectivity index (χ1n) is 13.0. The smallest absolute Gasteiger partial charge is 0.0236 e. The largest absolute Gasteiger partial charge is 0.303 e. The van der Waals surface area contributed by atoms with Crippen LogP contribution in [0.2, 0.25) is 0 Å². The van der Waals surface area contributed by atoms with Gasteiger partial charge in [0.25, 0.3) is 0 Å². The van der Waals surface area contributed by atoms with Crippen molar-refractivity contribution in [1.29, 1.82) is 0 Å². The van der Waals surface area contributed by atoms with Crippen molar-refractivity contribution >= 4 is 0 Å². The van der Waals surface area contributed by atoms with E-state index in [1.54, 1.807) is 0 Å². The van der Waals surface area contributed by atoms with Crippen molar-refractivity contribution in [3.63, 3.8) is 0 Å². The summed E-state index contributed by atoms with van der Waals surface area (Å²) in [5.41, 5.74) is 8.78. The van der Waals surface area contributed by atoms with Crippen LogP contribution in [0, 0.1) is 19.8 Å². The minimum Gasteiger partial charge on any atom is -0.303 e. The van der Waals surface area contributed by atoms with Crippen LogP contribution in [-0.2, 0) is 13.0 Å². The average molecular weight is 433 g/mol. The van der Waals surface area contributed by atoms with Gasteiger partial charge in [0.2, 0.25) is 0 Å². The van der Waals surface area contributed by atoms with Crippen molar-refractivity contribution in [3.8, 4) is 11.1 Å². The number of rotatable bonds is 10. The molecule has 32 heavy (non-hydrogen) atoms. The Hall–Kier alpha value is -1.64. The Labute approximate surface area is 197 Å². The maximum atomic E-state index is 2.59. The normalized spacial score (nSPS) is 21.1. The van der Waals surface area contributed by atoms with Crippen LogP contribution in [0.5, 0.6) is 0 Å². The summed E-state index contributed by atoms with van der Waals surface area (Å²) < 4.78 is 0. The van der Waals surface area contributed by atoms with Crippen LogP contribution in [0.25, 0.3) is 11.1 Å². The van der Waals surface area contributed by atoms with Crippen LogP contribution in [0.3, 0.4) is 0 Å². The molecular weight excluding hydrogens is 388 g/mol. The van der Waals surface area contributed by atoms with Gasteiger partial charge in [0.05, 0.1) is 0 Å². The van der Waals surface area contributed by atoms with Crippen LogP contribution in [0.4, 0.5) is 0 Å². The Morgan fingerprint density at radius 3 is 2.00 bits per heavy atom. The Kier molecular flexibility index (Phi) is 7.74. The van der Waals surface area contributed by atoms with Crippen LogP contribution in [0.15, 0.2) is 36.4 Å². The summed E-state index contributed by atoms with van der Waals surface area (Å²) in [6.45, 7) is 9.34. The van der Waals surface area contributed by atoms with Crippen LogP contribution < -0.4 is 0 Å². The fraction of sp³-hybridized carbons (Fsp3) is 0.600. The molecular formula is C30H44N2. The summed E-state index contributed by atoms with van der Waals surface area (Å²) in [5.74, 6) is 0.902. The Bertz CT molecular complexity index is 892. The second kappa shape index (κ2) is 10.5. The molecule has 0 saturated heterocycles. The molecule has 0 spiro atoms. The summed E-state index contributed by atoms with van der Waals surface area (Å²) in [6, 6.07) is 15.5. The molecule has 0 atom stereocenters. The van der Waals surface area contributed by atoms with Crippen LogP contribution in [-0.4, -0.2) is 42.5 Å². The van der Waals surface area contributed by atoms with E-state index >= 15 is 0 Å². The van der Waals surface area contributed by atoms with E-state index in [0.29, 0.717) is 0 Å². The van der Waals surface area contributed by atoms with Crippen LogP contribution >= 0.6 is 0 Å². The van der Waals surface area contributed by atoms with Crippen LogP contribution in [0.1, 0.15) is 74.1 Å². The fourth-order valence-corrected chi connectivity index (χ4v) is 5.70. The van der Waals surface area contributed by atoms with E-state index in [2.05, 4.69) is 81.1 Å². The predicted octanol–water partition coefficient (Wildman–Crippen LogP) is 7.01. The molecule has 2 aliphatic rings. The van der Waals surface area contributed by atoms with Gasteiger partial charge in [0, 0.05) is 18.6 Å². The molecule has 0 bridgehead atoms. The van der Waals surface area contributed by atoms with Gasteiger partial charge >= 0.3 is 0 Å². The molecule has 0 amide bonds. The van der Waals surface area contributed by atoms with Gasteiger partial charge in [0.1, 0.15) is 0 Å². The Balaban J connectivity index is 1.40. The zero-order chi connectivity index (χ0) is 22.7. The molecule has 0 aliphatic heterocycles. The van der Waals surface area contributed by atoms with E-state index in [9.17, 15) is 0 Å². The molecule has 2 fully saturated rings. The minimum absolute atomic E-state index is 0.765. The summed E-state index contributed by atoms with van der Waals surface area (Å²) in [4.78, 5) is 5.15. The number of unbranched alkanes of at least 4 members (excludes halogenated alkanes) is 1. The number of nitrogens with zero attached hydrogens (tertiary/aromatic N) is 2. The van der Waals surface area contributed by atoms with Gasteiger partial charge in [-0.15, -0.1) is 0 Å². The number of hydrogen-bond acceptors (Lipinski definition) is 2. The van der Waals surface area contributed by atoms with E-state index in [0.717, 1.165) is 24.5 Å². The zero-order valence-electron chi connectivity index (χ0n) is 21.2. The lowest BCUT2D eigenvalue weighted by Gasteiger charge is -2.40. The van der Waals surface area contributed by atoms with Crippen molar-refractivity contribution in [2.75, 3.05) is 20.6 Å². The summed E-state index contributed by atoms with van der Waals surface area (Å²) >= 11 is 0. The van der Waals surface area contributed by atoms with Crippen molar-refractivity contribution in [1.82, 2.24) is 9.80 Å². The molecule has 174 valence electrons. The van der Waals surface area contributed by atoms with Gasteiger partial charge in [-0.05, 0) is 119 Å². The highest BCUT2D eigenvalue weighted by Gasteiger charge is 2.28. The molecule has 0 radical (unpaired) electrons. The molecule has 4 rings (SSSR count). The second-order valence-electron chi connectivity index (χ2n) is 10.8. The van der Waals surface area contributed by atoms with Gasteiger partial charge in [0.15, 0.2) is 0 Å². The first-order valence-corrected chi connectivity index (χ1v) is 13.0. The van der Waals surface area contributed by atoms with Gasteiger partial charge in [-0.2, -0.15) is 0 Å². The van der Waals surface area contributed by atoms with E-state index in [4.69, 9.17) is 0 Å². The molecule has 0 N–H and O–H groups in total. The summed E-state index contributed by atoms with van der Waals surface area (Å²) in [6.07, 6.45) is 10.7. The SMILES string of the molecule is Cc1c(CCCCN(C)C2CCC2)cccc1-c1cccc(CN(C)C2CC(C)C2)c1C. The molecule has 2 aliphatic carbocycles. The van der Waals surface area contributed by atoms with Crippen molar-refractivity contribution in [2.45, 2.75) is 90.8 Å². The lowest BCUT2D eigenvalue weighted by molar-refractivity contribution is 0.105. The molecule has 0 unspecified atom stereocenters. The van der Waals surface area contributed by atoms with Crippen molar-refractivity contribution in [3.05, 3.63) is 58.7 Å². The topological polar surface area (TPSA) is 6.48 Å². The number of hydrogen-bond donors (Lipinski definition) is 0. The highest BCUT2D eigenvalue weighted by atomic mass is 15.1. The van der Waals surface area contributed by atoms with Gasteiger partial charge < -0.3 is 4.90 Å². The zero-order valence-corrected chi connectivity index (χ0v) is 21.2. The Morgan fingerprint density at radius 2 is 1.41 bits per heavy atom. The second-order valence-corrected chi connectivity index (χ2v) is 10.8. The van der Waals surface area contributed by atoms with E-state index in [-0.39, 0.29) is 0 Å². The summed E-state index contributed by atoms with van der Waals surface area (Å²) in [5, 5.41) is 0. The van der Waals surface area contributed by atoms with E-state index in [1.165, 1.54) is 91.3 Å². The molecule has 0 heterocycles. The first kappa shape index (κ1) is 23.5. The minimum atomic E-state index is 0.765. The third-order valence-electron chi connectivity index (χ3n) is 8.48. The quantitative estimate of drug-likeness (QED) is 0.373. The average Bonchev–Trinajstić information content (AvgIpc) is 2.70. The number of aryl methyl sites for hydroxylation is 1.